The van der Waals surface area contributed by atoms with Crippen LogP contribution in [0.1, 0.15) is 25.0 Å². The Hall–Kier alpha value is -5.15. The number of rotatable bonds is 2. The normalized spacial score (nSPS) is 13.8. The Bertz CT molecular complexity index is 2330. The standard InChI is InChI=1S/C38H27N3/c1-38(2)31-18-16-24-10-6-7-13-27(24)37(31)30-21-29-28-14-8-9-15-34(28)41(36(29)22-32(30)38)26-17-19-35-33(20-26)39-23-40(35)25-11-4-3-5-12-25/h3-23H,1-2H3. The summed E-state index contributed by atoms with van der Waals surface area (Å²) in [5, 5.41) is 5.18. The summed E-state index contributed by atoms with van der Waals surface area (Å²) in [5.41, 5.74) is 12.2. The predicted octanol–water partition coefficient (Wildman–Crippen LogP) is 9.58. The van der Waals surface area contributed by atoms with E-state index in [2.05, 4.69) is 138 Å². The number of aromatic nitrogens is 3. The zero-order chi connectivity index (χ0) is 27.3. The molecule has 1 aliphatic rings. The average Bonchev–Trinajstić information content (AvgIpc) is 3.65. The first-order chi connectivity index (χ1) is 20.1. The van der Waals surface area contributed by atoms with E-state index < -0.39 is 0 Å². The lowest BCUT2D eigenvalue weighted by Gasteiger charge is -2.22. The fourth-order valence-corrected chi connectivity index (χ4v) is 7.18. The molecule has 194 valence electrons. The first-order valence-corrected chi connectivity index (χ1v) is 14.2. The molecule has 3 heteroatoms. The van der Waals surface area contributed by atoms with Gasteiger partial charge >= 0.3 is 0 Å². The molecule has 2 heterocycles. The van der Waals surface area contributed by atoms with E-state index in [0.29, 0.717) is 0 Å². The lowest BCUT2D eigenvalue weighted by molar-refractivity contribution is 0.661. The molecule has 1 aliphatic carbocycles. The van der Waals surface area contributed by atoms with Crippen molar-refractivity contribution in [3.63, 3.8) is 0 Å². The van der Waals surface area contributed by atoms with Crippen LogP contribution in [0, 0.1) is 0 Å². The first-order valence-electron chi connectivity index (χ1n) is 14.2. The van der Waals surface area contributed by atoms with Crippen molar-refractivity contribution in [1.82, 2.24) is 14.1 Å². The van der Waals surface area contributed by atoms with Crippen LogP contribution in [0.25, 0.3) is 66.1 Å². The maximum absolute atomic E-state index is 4.81. The maximum atomic E-state index is 4.81. The number of imidazole rings is 1. The molecule has 8 aromatic rings. The van der Waals surface area contributed by atoms with Crippen molar-refractivity contribution in [2.75, 3.05) is 0 Å². The summed E-state index contributed by atoms with van der Waals surface area (Å²) < 4.78 is 4.57. The second kappa shape index (κ2) is 7.96. The molecule has 2 aromatic heterocycles. The van der Waals surface area contributed by atoms with Crippen molar-refractivity contribution in [3.8, 4) is 22.5 Å². The van der Waals surface area contributed by atoms with Gasteiger partial charge in [-0.25, -0.2) is 4.98 Å². The minimum atomic E-state index is -0.0947. The molecule has 3 nitrogen and oxygen atoms in total. The van der Waals surface area contributed by atoms with Crippen molar-refractivity contribution in [3.05, 3.63) is 139 Å². The van der Waals surface area contributed by atoms with Gasteiger partial charge in [-0.1, -0.05) is 86.6 Å². The monoisotopic (exact) mass is 525 g/mol. The van der Waals surface area contributed by atoms with E-state index in [1.807, 2.05) is 12.4 Å². The van der Waals surface area contributed by atoms with E-state index >= 15 is 0 Å². The SMILES string of the molecule is CC1(C)c2cc3c(cc2-c2c1ccc1ccccc21)c1ccccc1n3-c1ccc2c(c1)ncn2-c1ccccc1. The lowest BCUT2D eigenvalue weighted by atomic mass is 9.82. The number of hydrogen-bond acceptors (Lipinski definition) is 1. The van der Waals surface area contributed by atoms with Crippen LogP contribution in [0.2, 0.25) is 0 Å². The van der Waals surface area contributed by atoms with Gasteiger partial charge in [0, 0.05) is 27.6 Å². The summed E-state index contributed by atoms with van der Waals surface area (Å²) in [6, 6.07) is 44.2. The van der Waals surface area contributed by atoms with Gasteiger partial charge in [0.05, 0.1) is 22.1 Å². The van der Waals surface area contributed by atoms with E-state index in [0.717, 1.165) is 22.4 Å². The van der Waals surface area contributed by atoms with Crippen molar-refractivity contribution in [1.29, 1.82) is 0 Å². The topological polar surface area (TPSA) is 22.8 Å². The van der Waals surface area contributed by atoms with Gasteiger partial charge in [0.15, 0.2) is 0 Å². The third-order valence-electron chi connectivity index (χ3n) is 9.18. The third-order valence-corrected chi connectivity index (χ3v) is 9.18. The number of para-hydroxylation sites is 2. The van der Waals surface area contributed by atoms with Crippen molar-refractivity contribution in [2.24, 2.45) is 0 Å². The van der Waals surface area contributed by atoms with Crippen LogP contribution in [0.15, 0.2) is 128 Å². The zero-order valence-electron chi connectivity index (χ0n) is 23.0. The van der Waals surface area contributed by atoms with Gasteiger partial charge in [-0.2, -0.15) is 0 Å². The molecule has 0 saturated heterocycles. The van der Waals surface area contributed by atoms with Gasteiger partial charge in [-0.05, 0) is 81.6 Å². The summed E-state index contributed by atoms with van der Waals surface area (Å²) in [7, 11) is 0. The summed E-state index contributed by atoms with van der Waals surface area (Å²) in [4.78, 5) is 4.81. The molecule has 0 saturated carbocycles. The molecule has 0 spiro atoms. The Morgan fingerprint density at radius 3 is 2.22 bits per heavy atom. The van der Waals surface area contributed by atoms with Crippen molar-refractivity contribution in [2.45, 2.75) is 19.3 Å². The Morgan fingerprint density at radius 1 is 0.561 bits per heavy atom. The smallest absolute Gasteiger partial charge is 0.100 e. The Morgan fingerprint density at radius 2 is 1.34 bits per heavy atom. The average molecular weight is 526 g/mol. The summed E-state index contributed by atoms with van der Waals surface area (Å²) in [5.74, 6) is 0. The molecule has 6 aromatic carbocycles. The fraction of sp³-hybridized carbons (Fsp3) is 0.0789. The Labute approximate surface area is 237 Å². The second-order valence-corrected chi connectivity index (χ2v) is 11.7. The zero-order valence-corrected chi connectivity index (χ0v) is 23.0. The van der Waals surface area contributed by atoms with Gasteiger partial charge in [0.25, 0.3) is 0 Å². The minimum absolute atomic E-state index is 0.0947. The van der Waals surface area contributed by atoms with E-state index in [9.17, 15) is 0 Å². The molecule has 9 rings (SSSR count). The van der Waals surface area contributed by atoms with Crippen LogP contribution in [-0.2, 0) is 5.41 Å². The van der Waals surface area contributed by atoms with Gasteiger partial charge < -0.3 is 4.57 Å². The second-order valence-electron chi connectivity index (χ2n) is 11.7. The Balaban J connectivity index is 1.32. The van der Waals surface area contributed by atoms with E-state index in [1.165, 1.54) is 54.8 Å². The predicted molar refractivity (Wildman–Crippen MR) is 170 cm³/mol. The molecule has 0 bridgehead atoms. The van der Waals surface area contributed by atoms with Gasteiger partial charge in [-0.15, -0.1) is 0 Å². The maximum Gasteiger partial charge on any atom is 0.100 e. The first kappa shape index (κ1) is 22.6. The van der Waals surface area contributed by atoms with Crippen LogP contribution in [0.3, 0.4) is 0 Å². The van der Waals surface area contributed by atoms with Crippen LogP contribution < -0.4 is 0 Å². The molecule has 0 aliphatic heterocycles. The molecule has 0 N–H and O–H groups in total. The van der Waals surface area contributed by atoms with Gasteiger partial charge in [0.1, 0.15) is 6.33 Å². The van der Waals surface area contributed by atoms with Crippen LogP contribution in [0.4, 0.5) is 0 Å². The van der Waals surface area contributed by atoms with Gasteiger partial charge in [0.2, 0.25) is 0 Å². The number of benzene rings is 6. The minimum Gasteiger partial charge on any atom is -0.309 e. The highest BCUT2D eigenvalue weighted by atomic mass is 15.1. The molecule has 0 radical (unpaired) electrons. The molecule has 41 heavy (non-hydrogen) atoms. The van der Waals surface area contributed by atoms with Crippen LogP contribution in [0.5, 0.6) is 0 Å². The summed E-state index contributed by atoms with van der Waals surface area (Å²) >= 11 is 0. The molecular weight excluding hydrogens is 498 g/mol. The van der Waals surface area contributed by atoms with Crippen molar-refractivity contribution >= 4 is 43.6 Å². The summed E-state index contributed by atoms with van der Waals surface area (Å²) in [6.07, 6.45) is 1.92. The van der Waals surface area contributed by atoms with Crippen LogP contribution in [-0.4, -0.2) is 14.1 Å². The van der Waals surface area contributed by atoms with E-state index in [-0.39, 0.29) is 5.41 Å². The van der Waals surface area contributed by atoms with Crippen molar-refractivity contribution < 1.29 is 0 Å². The summed E-state index contributed by atoms with van der Waals surface area (Å²) in [6.45, 7) is 4.74. The number of nitrogens with zero attached hydrogens (tertiary/aromatic N) is 3. The molecule has 0 amide bonds. The molecular formula is C38H27N3. The number of hydrogen-bond donors (Lipinski definition) is 0. The molecule has 0 atom stereocenters. The van der Waals surface area contributed by atoms with E-state index in [4.69, 9.17) is 4.98 Å². The van der Waals surface area contributed by atoms with Crippen LogP contribution >= 0.6 is 0 Å². The third kappa shape index (κ3) is 3.01. The highest BCUT2D eigenvalue weighted by Gasteiger charge is 2.37. The highest BCUT2D eigenvalue weighted by Crippen LogP contribution is 2.53. The quantitative estimate of drug-likeness (QED) is 0.220. The largest absolute Gasteiger partial charge is 0.309 e. The van der Waals surface area contributed by atoms with Gasteiger partial charge in [-0.3, -0.25) is 4.57 Å². The fourth-order valence-electron chi connectivity index (χ4n) is 7.18. The highest BCUT2D eigenvalue weighted by molar-refractivity contribution is 6.13. The van der Waals surface area contributed by atoms with E-state index in [1.54, 1.807) is 0 Å². The Kier molecular flexibility index (Phi) is 4.39. The molecule has 0 fully saturated rings. The molecule has 0 unspecified atom stereocenters. The number of fused-ring (bicyclic) bond motifs is 9. The lowest BCUT2D eigenvalue weighted by Crippen LogP contribution is -2.15.